The normalized spacial score (nSPS) is 13.3. The molecule has 0 radical (unpaired) electrons. The van der Waals surface area contributed by atoms with Crippen LogP contribution >= 0.6 is 0 Å². The van der Waals surface area contributed by atoms with Crippen LogP contribution in [0.4, 0.5) is 22.8 Å². The number of imide groups is 1. The molecule has 5 aliphatic rings. The molecule has 2 aromatic carbocycles. The minimum absolute atomic E-state index is 0.0139. The highest BCUT2D eigenvalue weighted by Gasteiger charge is 2.33. The Morgan fingerprint density at radius 1 is 0.486 bits per heavy atom. The quantitative estimate of drug-likeness (QED) is 0.0161. The van der Waals surface area contributed by atoms with Crippen LogP contribution in [-0.4, -0.2) is 400 Å². The Balaban J connectivity index is -0.000000481. The Morgan fingerprint density at radius 3 is 1.06 bits per heavy atom. The molecule has 9 N–H and O–H groups in total. The number of para-hydroxylation sites is 2. The van der Waals surface area contributed by atoms with E-state index in [1.54, 1.807) is 91.5 Å². The van der Waals surface area contributed by atoms with Crippen LogP contribution in [-0.2, 0) is 67.1 Å². The maximum atomic E-state index is 11.8. The summed E-state index contributed by atoms with van der Waals surface area (Å²) in [6.45, 7) is 39.7. The topological polar surface area (TPSA) is 675 Å². The Hall–Kier alpha value is -14.8. The van der Waals surface area contributed by atoms with Gasteiger partial charge in [-0.05, 0) is 158 Å². The largest absolute Gasteiger partial charge is 0.480 e. The molecule has 0 unspecified atom stereocenters. The third-order valence-electron chi connectivity index (χ3n) is 16.6. The third kappa shape index (κ3) is 77.1. The van der Waals surface area contributed by atoms with Gasteiger partial charge in [-0.1, -0.05) is 54.7 Å². The van der Waals surface area contributed by atoms with E-state index in [1.807, 2.05) is 119 Å². The first-order valence-electron chi connectivity index (χ1n) is 45.1. The van der Waals surface area contributed by atoms with Gasteiger partial charge in [-0.25, -0.2) is 14.4 Å². The number of rotatable bonds is 22. The van der Waals surface area contributed by atoms with Crippen molar-refractivity contribution >= 4 is 125 Å². The number of carboxylic acid groups (broad SMARTS) is 2. The number of amides is 9. The third-order valence-corrected chi connectivity index (χ3v) is 16.6. The number of ether oxygens (including phenoxy) is 2. The number of carbonyl (C=O) groups is 13. The van der Waals surface area contributed by atoms with Gasteiger partial charge in [0.15, 0.2) is 0 Å². The number of aliphatic imine (C=N–C) groups is 4. The van der Waals surface area contributed by atoms with Gasteiger partial charge >= 0.3 is 36.3 Å². The first kappa shape index (κ1) is 136. The van der Waals surface area contributed by atoms with Gasteiger partial charge in [0.05, 0.1) is 36.4 Å². The van der Waals surface area contributed by atoms with Crippen LogP contribution in [0.5, 0.6) is 0 Å². The summed E-state index contributed by atoms with van der Waals surface area (Å²) in [6, 6.07) is 24.6. The summed E-state index contributed by atoms with van der Waals surface area (Å²) in [7, 11) is 8.29. The number of aromatic nitrogens is 6. The van der Waals surface area contributed by atoms with Crippen molar-refractivity contribution in [1.82, 2.24) is 90.5 Å². The molecule has 0 spiro atoms. The number of hydroxylamine groups is 2. The van der Waals surface area contributed by atoms with Crippen LogP contribution in [0.2, 0.25) is 0 Å². The van der Waals surface area contributed by atoms with Crippen LogP contribution in [0.3, 0.4) is 0 Å². The van der Waals surface area contributed by atoms with Crippen molar-refractivity contribution in [1.29, 1.82) is 31.6 Å². The highest BCUT2D eigenvalue weighted by atomic mass is 19.4. The van der Waals surface area contributed by atoms with Crippen LogP contribution < -0.4 is 21.7 Å². The molecule has 142 heavy (non-hydrogen) atoms. The summed E-state index contributed by atoms with van der Waals surface area (Å²) in [5.41, 5.74) is 6.60. The van der Waals surface area contributed by atoms with Crippen molar-refractivity contribution in [3.63, 3.8) is 0 Å². The number of benzene rings is 2. The highest BCUT2D eigenvalue weighted by Crippen LogP contribution is 2.16. The smallest absolute Gasteiger partial charge is 0.446 e. The molecule has 52 heteroatoms. The van der Waals surface area contributed by atoms with Crippen LogP contribution in [0.25, 0.3) is 22.1 Å². The van der Waals surface area contributed by atoms with Gasteiger partial charge in [0, 0.05) is 188 Å². The number of aliphatic carboxylic acids is 2. The van der Waals surface area contributed by atoms with Crippen molar-refractivity contribution in [3.05, 3.63) is 48.5 Å². The molecule has 9 amide bonds. The molecule has 4 aromatic rings. The summed E-state index contributed by atoms with van der Waals surface area (Å²) in [5.74, 6) is -4.04. The van der Waals surface area contributed by atoms with E-state index in [1.165, 1.54) is 12.1 Å². The minimum Gasteiger partial charge on any atom is -0.480 e. The van der Waals surface area contributed by atoms with Gasteiger partial charge in [-0.15, -0.1) is 15.3 Å². The van der Waals surface area contributed by atoms with E-state index in [-0.39, 0.29) is 92.3 Å². The lowest BCUT2D eigenvalue weighted by molar-refractivity contribution is -0.197. The van der Waals surface area contributed by atoms with Crippen molar-refractivity contribution < 1.29 is 110 Å². The lowest BCUT2D eigenvalue weighted by atomic mass is 10.2. The first-order chi connectivity index (χ1) is 67.1. The zero-order valence-electron chi connectivity index (χ0n) is 84.2. The van der Waals surface area contributed by atoms with Gasteiger partial charge < -0.3 is 95.8 Å². The number of aldehydes is 1. The fourth-order valence-corrected chi connectivity index (χ4v) is 10.0. The van der Waals surface area contributed by atoms with Crippen molar-refractivity contribution in [2.75, 3.05) is 185 Å². The summed E-state index contributed by atoms with van der Waals surface area (Å²) in [4.78, 5) is 175. The Kier molecular flexibility index (Phi) is 80.5. The first-order valence-corrected chi connectivity index (χ1v) is 45.1. The fourth-order valence-electron chi connectivity index (χ4n) is 10.0. The highest BCUT2D eigenvalue weighted by molar-refractivity contribution is 6.16. The Bertz CT molecular complexity index is 4550. The number of nitrogens with one attached hydrogen (secondary N) is 3. The lowest BCUT2D eigenvalue weighted by Gasteiger charge is -2.35. The molecular weight excluding hydrogens is 1860 g/mol. The van der Waals surface area contributed by atoms with E-state index in [0.717, 1.165) is 121 Å². The van der Waals surface area contributed by atoms with Crippen LogP contribution in [0.15, 0.2) is 68.5 Å². The van der Waals surface area contributed by atoms with Gasteiger partial charge in [0.1, 0.15) is 71.8 Å². The van der Waals surface area contributed by atoms with Gasteiger partial charge in [-0.3, -0.25) is 67.9 Å². The molecule has 2 aromatic heterocycles. The molecular formula is C90H142F3N29O20. The second-order valence-corrected chi connectivity index (χ2v) is 31.2. The van der Waals surface area contributed by atoms with E-state index in [4.69, 9.17) is 72.2 Å². The van der Waals surface area contributed by atoms with E-state index in [9.17, 15) is 70.7 Å². The average Bonchev–Trinajstić information content (AvgIpc) is 1.66. The number of fused-ring (bicyclic) bond motifs is 2. The number of carboxylic acids is 2. The Labute approximate surface area is 827 Å². The molecule has 5 fully saturated rings. The maximum Gasteiger partial charge on any atom is 0.446 e. The van der Waals surface area contributed by atoms with Crippen LogP contribution in [0.1, 0.15) is 160 Å². The molecule has 0 atom stereocenters. The summed E-state index contributed by atoms with van der Waals surface area (Å²) < 4.78 is 41.7. The zero-order chi connectivity index (χ0) is 109. The number of nitriles is 6. The molecule has 0 saturated carbocycles. The number of halogens is 3. The second-order valence-electron chi connectivity index (χ2n) is 31.2. The molecule has 788 valence electrons. The molecule has 5 saturated heterocycles. The van der Waals surface area contributed by atoms with Crippen molar-refractivity contribution in [3.8, 4) is 36.4 Å². The summed E-state index contributed by atoms with van der Waals surface area (Å²) >= 11 is 0. The molecule has 9 rings (SSSR count). The van der Waals surface area contributed by atoms with Crippen molar-refractivity contribution in [2.45, 2.75) is 178 Å². The maximum absolute atomic E-state index is 11.8. The molecule has 5 aliphatic heterocycles. The van der Waals surface area contributed by atoms with Crippen molar-refractivity contribution in [2.24, 2.45) is 25.7 Å². The van der Waals surface area contributed by atoms with Gasteiger partial charge in [-0.2, -0.15) is 44.7 Å². The second kappa shape index (κ2) is 84.2. The zero-order valence-corrected chi connectivity index (χ0v) is 84.2. The Morgan fingerprint density at radius 2 is 0.789 bits per heavy atom. The number of hydrogen-bond donors (Lipinski definition) is 8. The van der Waals surface area contributed by atoms with E-state index >= 15 is 0 Å². The van der Waals surface area contributed by atoms with Gasteiger partial charge in [0.25, 0.3) is 11.8 Å². The molecule has 0 bridgehead atoms. The van der Waals surface area contributed by atoms with Gasteiger partial charge in [0.2, 0.25) is 35.8 Å². The average molecular weight is 2010 g/mol. The predicted molar refractivity (Wildman–Crippen MR) is 518 cm³/mol. The summed E-state index contributed by atoms with van der Waals surface area (Å²) in [6.07, 6.45) is 2.98. The molecule has 7 heterocycles. The number of hydrogen-bond acceptors (Lipinski definition) is 37. The number of alkyl halides is 3. The molecule has 49 nitrogen and oxygen atoms in total. The van der Waals surface area contributed by atoms with E-state index < -0.39 is 60.6 Å². The monoisotopic (exact) mass is 2010 g/mol. The number of nitrogens with two attached hydrogens (primary N) is 1. The number of carbonyl (C=O) groups excluding carboxylic acids is 11. The fraction of sp³-hybridized carbons (Fsp3) is 0.611. The lowest BCUT2D eigenvalue weighted by Crippen LogP contribution is -2.51. The predicted octanol–water partition coefficient (Wildman–Crippen LogP) is 5.38. The SMILES string of the molecule is CC(C)(C)OC(=O)N1CCN(C(=O)CC#N)CC1.CC(C)(C)OC(=O)N1CCNCC1.CCC(=O)N1CCN(C(=O)CC#N)CC1.CCC(=O)ON1C(=O)CCC1=O.CCN.CCN=CC=NCCCN(C)C.CCN=CC=NCCCN(C)C.CCNC(=O)CC#N.N#CCC(=O)N1CCNCC1.N#CCC(=O)O.N#CCC(=O)O.O=CC(F)(F)F.On1nnc2ccccc21.On1nnc2ccccc21. The van der Waals surface area contributed by atoms with Crippen LogP contribution in [0, 0.1) is 68.0 Å². The standard InChI is InChI=1S/C12H19N3O3.C10H15N3O2.2C9H19N3.C9H18N2O2.C7H11N3O.C7H9NO4.2C6H5N3O.C5H8N2O.2C3H3NO2.C2HF3O.C2H7N/c1-12(2,3)18-11(17)15-8-6-14(7-9-15)10(16)4-5-13;1-2-9(14)12-5-7-13(8-6-12)10(15)3-4-11;2*1-4-10-7-8-11-6-5-9-12(2)3;1-9(2,3)13-8(12)11-6-4-10-5-7-11;8-2-1-7(11)10-5-3-9-4-6-10;1-2-7(11)12-8-5(9)3-4-6(8)10;2*10-9-6-4-2-1-3-5(6)7-8-9;1-2-7-5(8)3-4-6;2*4-2-1-3(5)6;3-2(4,5)1-6;1-2-3/h4,6-9H2,1-3H3;2-3,5-8H2,1H3;2*7-8H,4-6,9H2,1-3H3;10H,4-7H2,1-3H3;9H,1,3-6H2;2-4H2,1H3;2*1-4,10H;2-3H2,1H3,(H,7,8);2*1H2,(H,5,6);1H;2-3H2,1H3. The van der Waals surface area contributed by atoms with E-state index in [2.05, 4.69) is 99.4 Å². The molecule has 0 aliphatic carbocycles. The summed E-state index contributed by atoms with van der Waals surface area (Å²) in [5, 5.41) is 105. The number of piperazine rings is 4. The van der Waals surface area contributed by atoms with E-state index in [0.29, 0.717) is 92.5 Å². The number of nitrogens with zero attached hydrogens (tertiary/aromatic N) is 25. The minimum atomic E-state index is -4.64.